The quantitative estimate of drug-likeness (QED) is 0.783. The fourth-order valence-electron chi connectivity index (χ4n) is 2.74. The van der Waals surface area contributed by atoms with Gasteiger partial charge >= 0.3 is 0 Å². The highest BCUT2D eigenvalue weighted by Gasteiger charge is 2.37. The van der Waals surface area contributed by atoms with Crippen LogP contribution in [-0.2, 0) is 14.3 Å². The van der Waals surface area contributed by atoms with E-state index in [9.17, 15) is 4.79 Å². The van der Waals surface area contributed by atoms with Gasteiger partial charge in [0.05, 0.1) is 25.9 Å². The van der Waals surface area contributed by atoms with E-state index in [1.807, 2.05) is 13.8 Å². The maximum atomic E-state index is 12.4. The zero-order valence-electron chi connectivity index (χ0n) is 12.0. The van der Waals surface area contributed by atoms with Gasteiger partial charge in [0.25, 0.3) is 0 Å². The molecule has 2 aliphatic heterocycles. The molecule has 2 unspecified atom stereocenters. The van der Waals surface area contributed by atoms with Gasteiger partial charge in [-0.2, -0.15) is 0 Å². The lowest BCUT2D eigenvalue weighted by atomic mass is 9.74. The van der Waals surface area contributed by atoms with Crippen LogP contribution < -0.4 is 10.6 Å². The van der Waals surface area contributed by atoms with Gasteiger partial charge in [0.15, 0.2) is 0 Å². The van der Waals surface area contributed by atoms with Crippen LogP contribution in [0, 0.1) is 11.3 Å². The van der Waals surface area contributed by atoms with E-state index in [-0.39, 0.29) is 17.4 Å². The van der Waals surface area contributed by atoms with Gasteiger partial charge in [-0.05, 0) is 31.8 Å². The van der Waals surface area contributed by atoms with Gasteiger partial charge in [0.2, 0.25) is 5.91 Å². The molecule has 2 saturated heterocycles. The summed E-state index contributed by atoms with van der Waals surface area (Å²) in [6.45, 7) is 8.48. The Hall–Kier alpha value is -0.650. The standard InChI is InChI=1S/C14H26N2O3/c1-14(2,11-4-3-5-15-8-11)13(17)16-9-12-10-18-6-7-19-12/h11-12,15H,3-10H2,1-2H3,(H,16,17). The minimum Gasteiger partial charge on any atom is -0.376 e. The molecule has 0 saturated carbocycles. The van der Waals surface area contributed by atoms with Gasteiger partial charge in [0, 0.05) is 12.0 Å². The fraction of sp³-hybridized carbons (Fsp3) is 0.929. The lowest BCUT2D eigenvalue weighted by molar-refractivity contribution is -0.135. The Labute approximate surface area is 115 Å². The Balaban J connectivity index is 1.79. The molecule has 2 atom stereocenters. The summed E-state index contributed by atoms with van der Waals surface area (Å²) in [5.74, 6) is 0.528. The molecule has 0 spiro atoms. The molecular formula is C14H26N2O3. The lowest BCUT2D eigenvalue weighted by Gasteiger charge is -2.36. The second-order valence-electron chi connectivity index (χ2n) is 6.04. The van der Waals surface area contributed by atoms with Crippen LogP contribution in [0.25, 0.3) is 0 Å². The maximum absolute atomic E-state index is 12.4. The number of hydrogen-bond acceptors (Lipinski definition) is 4. The minimum absolute atomic E-state index is 0.00187. The maximum Gasteiger partial charge on any atom is 0.226 e. The van der Waals surface area contributed by atoms with Crippen LogP contribution in [0.4, 0.5) is 0 Å². The first-order valence-corrected chi connectivity index (χ1v) is 7.29. The summed E-state index contributed by atoms with van der Waals surface area (Å²) in [7, 11) is 0. The average molecular weight is 270 g/mol. The molecule has 0 bridgehead atoms. The Kier molecular flexibility index (Phi) is 5.19. The van der Waals surface area contributed by atoms with Crippen molar-refractivity contribution >= 4 is 5.91 Å². The van der Waals surface area contributed by atoms with Crippen LogP contribution in [0.15, 0.2) is 0 Å². The van der Waals surface area contributed by atoms with E-state index in [2.05, 4.69) is 10.6 Å². The van der Waals surface area contributed by atoms with Crippen molar-refractivity contribution in [3.63, 3.8) is 0 Å². The summed E-state index contributed by atoms with van der Waals surface area (Å²) in [4.78, 5) is 12.4. The van der Waals surface area contributed by atoms with Gasteiger partial charge in [-0.15, -0.1) is 0 Å². The third-order valence-electron chi connectivity index (χ3n) is 4.28. The number of hydrogen-bond donors (Lipinski definition) is 2. The normalized spacial score (nSPS) is 28.9. The van der Waals surface area contributed by atoms with E-state index in [0.717, 1.165) is 25.9 Å². The highest BCUT2D eigenvalue weighted by molar-refractivity contribution is 5.82. The van der Waals surface area contributed by atoms with Crippen molar-refractivity contribution in [2.45, 2.75) is 32.8 Å². The number of carbonyl (C=O) groups excluding carboxylic acids is 1. The smallest absolute Gasteiger partial charge is 0.226 e. The Morgan fingerprint density at radius 2 is 2.26 bits per heavy atom. The van der Waals surface area contributed by atoms with Crippen LogP contribution in [0.1, 0.15) is 26.7 Å². The molecule has 19 heavy (non-hydrogen) atoms. The van der Waals surface area contributed by atoms with Gasteiger partial charge in [-0.1, -0.05) is 13.8 Å². The molecule has 2 heterocycles. The number of ether oxygens (including phenoxy) is 2. The number of rotatable bonds is 4. The number of amides is 1. The molecule has 0 aliphatic carbocycles. The van der Waals surface area contributed by atoms with Gasteiger partial charge < -0.3 is 20.1 Å². The third-order valence-corrected chi connectivity index (χ3v) is 4.28. The van der Waals surface area contributed by atoms with Crippen LogP contribution in [0.5, 0.6) is 0 Å². The number of piperidine rings is 1. The molecule has 5 heteroatoms. The third kappa shape index (κ3) is 3.91. The summed E-state index contributed by atoms with van der Waals surface area (Å²) in [6, 6.07) is 0. The Morgan fingerprint density at radius 3 is 2.89 bits per heavy atom. The largest absolute Gasteiger partial charge is 0.376 e. The highest BCUT2D eigenvalue weighted by atomic mass is 16.6. The molecule has 110 valence electrons. The summed E-state index contributed by atoms with van der Waals surface area (Å²) in [6.07, 6.45) is 2.27. The van der Waals surface area contributed by atoms with Gasteiger partial charge in [-0.3, -0.25) is 4.79 Å². The Morgan fingerprint density at radius 1 is 1.42 bits per heavy atom. The minimum atomic E-state index is -0.330. The van der Waals surface area contributed by atoms with Crippen LogP contribution in [-0.4, -0.2) is 51.5 Å². The average Bonchev–Trinajstić information content (AvgIpc) is 2.46. The van der Waals surface area contributed by atoms with E-state index < -0.39 is 0 Å². The van der Waals surface area contributed by atoms with E-state index in [0.29, 0.717) is 32.3 Å². The van der Waals surface area contributed by atoms with Crippen molar-refractivity contribution in [2.75, 3.05) is 39.5 Å². The van der Waals surface area contributed by atoms with Crippen LogP contribution in [0.2, 0.25) is 0 Å². The first-order valence-electron chi connectivity index (χ1n) is 7.29. The molecule has 2 rings (SSSR count). The predicted octanol–water partition coefficient (Wildman–Crippen LogP) is 0.544. The van der Waals surface area contributed by atoms with E-state index in [4.69, 9.17) is 9.47 Å². The van der Waals surface area contributed by atoms with Gasteiger partial charge in [0.1, 0.15) is 0 Å². The van der Waals surface area contributed by atoms with Crippen molar-refractivity contribution in [2.24, 2.45) is 11.3 Å². The zero-order valence-corrected chi connectivity index (χ0v) is 12.0. The van der Waals surface area contributed by atoms with Crippen molar-refractivity contribution in [3.8, 4) is 0 Å². The number of carbonyl (C=O) groups is 1. The summed E-state index contributed by atoms with van der Waals surface area (Å²) >= 11 is 0. The predicted molar refractivity (Wildman–Crippen MR) is 72.9 cm³/mol. The van der Waals surface area contributed by atoms with Gasteiger partial charge in [-0.25, -0.2) is 0 Å². The lowest BCUT2D eigenvalue weighted by Crippen LogP contribution is -2.49. The molecule has 0 aromatic heterocycles. The van der Waals surface area contributed by atoms with Crippen LogP contribution in [0.3, 0.4) is 0 Å². The van der Waals surface area contributed by atoms with E-state index >= 15 is 0 Å². The molecule has 0 aromatic rings. The van der Waals surface area contributed by atoms with Crippen molar-refractivity contribution in [3.05, 3.63) is 0 Å². The SMILES string of the molecule is CC(C)(C(=O)NCC1COCCO1)C1CCCNC1. The molecule has 0 aromatic carbocycles. The summed E-state index contributed by atoms with van der Waals surface area (Å²) in [5, 5.41) is 6.39. The first-order chi connectivity index (χ1) is 9.10. The molecule has 1 amide bonds. The first kappa shape index (κ1) is 14.8. The molecule has 2 N–H and O–H groups in total. The summed E-state index contributed by atoms with van der Waals surface area (Å²) in [5.41, 5.74) is -0.330. The molecule has 2 aliphatic rings. The number of nitrogens with one attached hydrogen (secondary N) is 2. The summed E-state index contributed by atoms with van der Waals surface area (Å²) < 4.78 is 10.9. The molecule has 5 nitrogen and oxygen atoms in total. The van der Waals surface area contributed by atoms with E-state index in [1.165, 1.54) is 0 Å². The zero-order chi connectivity index (χ0) is 13.7. The second kappa shape index (κ2) is 6.68. The van der Waals surface area contributed by atoms with E-state index in [1.54, 1.807) is 0 Å². The second-order valence-corrected chi connectivity index (χ2v) is 6.04. The molecule has 2 fully saturated rings. The van der Waals surface area contributed by atoms with Crippen molar-refractivity contribution in [1.82, 2.24) is 10.6 Å². The van der Waals surface area contributed by atoms with Crippen molar-refractivity contribution in [1.29, 1.82) is 0 Å². The molecular weight excluding hydrogens is 244 g/mol. The molecule has 0 radical (unpaired) electrons. The Bertz CT molecular complexity index is 295. The van der Waals surface area contributed by atoms with Crippen molar-refractivity contribution < 1.29 is 14.3 Å². The fourth-order valence-corrected chi connectivity index (χ4v) is 2.74. The highest BCUT2D eigenvalue weighted by Crippen LogP contribution is 2.31. The monoisotopic (exact) mass is 270 g/mol. The topological polar surface area (TPSA) is 59.6 Å². The van der Waals surface area contributed by atoms with Crippen LogP contribution >= 0.6 is 0 Å².